The Morgan fingerprint density at radius 1 is 1.21 bits per heavy atom. The first-order valence-electron chi connectivity index (χ1n) is 10.1. The van der Waals surface area contributed by atoms with E-state index in [1.165, 1.54) is 11.1 Å². The van der Waals surface area contributed by atoms with Gasteiger partial charge in [0.1, 0.15) is 0 Å². The zero-order valence-electron chi connectivity index (χ0n) is 16.6. The van der Waals surface area contributed by atoms with Crippen LogP contribution in [0.5, 0.6) is 0 Å². The summed E-state index contributed by atoms with van der Waals surface area (Å²) < 4.78 is 0. The molecule has 5 heteroatoms. The maximum Gasteiger partial charge on any atom is 0.264 e. The number of amides is 1. The molecule has 0 radical (unpaired) electrons. The molecular formula is C23H27N3OS. The number of anilines is 1. The Hall–Kier alpha value is -2.40. The molecule has 3 aromatic rings. The lowest BCUT2D eigenvalue weighted by Crippen LogP contribution is -2.47. The molecule has 0 aliphatic carbocycles. The third kappa shape index (κ3) is 3.76. The number of hydrogen-bond acceptors (Lipinski definition) is 4. The van der Waals surface area contributed by atoms with Crippen LogP contribution in [-0.4, -0.2) is 41.5 Å². The number of nitrogens with zero attached hydrogens (tertiary/aromatic N) is 3. The molecular weight excluding hydrogens is 366 g/mol. The van der Waals surface area contributed by atoms with Crippen LogP contribution in [0, 0.1) is 6.92 Å². The lowest BCUT2D eigenvalue weighted by molar-refractivity contribution is 0.0655. The molecule has 4 nitrogen and oxygen atoms in total. The third-order valence-electron chi connectivity index (χ3n) is 5.53. The number of pyridine rings is 1. The van der Waals surface area contributed by atoms with E-state index < -0.39 is 0 Å². The molecule has 0 unspecified atom stereocenters. The molecule has 1 saturated heterocycles. The summed E-state index contributed by atoms with van der Waals surface area (Å²) in [6.45, 7) is 6.98. The fraction of sp³-hybridized carbons (Fsp3) is 0.391. The summed E-state index contributed by atoms with van der Waals surface area (Å²) in [6.07, 6.45) is 3.01. The van der Waals surface area contributed by atoms with Gasteiger partial charge in [0.25, 0.3) is 5.91 Å². The van der Waals surface area contributed by atoms with Crippen LogP contribution in [0.15, 0.2) is 47.8 Å². The summed E-state index contributed by atoms with van der Waals surface area (Å²) in [4.78, 5) is 23.1. The molecule has 28 heavy (non-hydrogen) atoms. The number of carbonyl (C=O) groups is 1. The fourth-order valence-electron chi connectivity index (χ4n) is 4.20. The van der Waals surface area contributed by atoms with Crippen LogP contribution in [0.4, 0.5) is 5.69 Å². The van der Waals surface area contributed by atoms with Gasteiger partial charge in [-0.2, -0.15) is 0 Å². The number of aromatic nitrogens is 1. The minimum absolute atomic E-state index is 0.195. The number of aryl methyl sites for hydroxylation is 1. The van der Waals surface area contributed by atoms with E-state index in [-0.39, 0.29) is 5.91 Å². The number of benzene rings is 1. The molecule has 1 aromatic carbocycles. The Morgan fingerprint density at radius 2 is 2.00 bits per heavy atom. The van der Waals surface area contributed by atoms with Gasteiger partial charge in [-0.25, -0.2) is 0 Å². The lowest BCUT2D eigenvalue weighted by atomic mass is 10.0. The van der Waals surface area contributed by atoms with Crippen LogP contribution in [-0.2, 0) is 0 Å². The maximum absolute atomic E-state index is 13.0. The molecule has 146 valence electrons. The van der Waals surface area contributed by atoms with Crippen molar-refractivity contribution in [1.82, 2.24) is 9.88 Å². The second-order valence-electron chi connectivity index (χ2n) is 7.49. The normalized spacial score (nSPS) is 15.1. The van der Waals surface area contributed by atoms with Crippen LogP contribution in [0.25, 0.3) is 10.9 Å². The van der Waals surface area contributed by atoms with Crippen LogP contribution in [0.3, 0.4) is 0 Å². The standard InChI is InChI=1S/C23H27N3OS/c1-3-12-26(23(27)22-9-6-15-28-22)18-10-13-25(14-11-18)21-16-17(2)24-20-8-5-4-7-19(20)21/h4-9,15-16,18H,3,10-14H2,1-2H3. The first kappa shape index (κ1) is 18.9. The average molecular weight is 394 g/mol. The van der Waals surface area contributed by atoms with Crippen molar-refractivity contribution in [3.8, 4) is 0 Å². The van der Waals surface area contributed by atoms with Gasteiger partial charge < -0.3 is 9.80 Å². The van der Waals surface area contributed by atoms with E-state index in [4.69, 9.17) is 0 Å². The second kappa shape index (κ2) is 8.31. The van der Waals surface area contributed by atoms with Crippen LogP contribution in [0.1, 0.15) is 41.6 Å². The van der Waals surface area contributed by atoms with Gasteiger partial charge >= 0.3 is 0 Å². The highest BCUT2D eigenvalue weighted by Gasteiger charge is 2.29. The van der Waals surface area contributed by atoms with E-state index >= 15 is 0 Å². The van der Waals surface area contributed by atoms with Crippen molar-refractivity contribution in [2.75, 3.05) is 24.5 Å². The molecule has 2 aromatic heterocycles. The SMILES string of the molecule is CCCN(C(=O)c1cccs1)C1CCN(c2cc(C)nc3ccccc23)CC1. The zero-order valence-corrected chi connectivity index (χ0v) is 17.4. The molecule has 4 rings (SSSR count). The van der Waals surface area contributed by atoms with Crippen molar-refractivity contribution in [2.24, 2.45) is 0 Å². The summed E-state index contributed by atoms with van der Waals surface area (Å²) in [7, 11) is 0. The van der Waals surface area contributed by atoms with Gasteiger partial charge in [-0.15, -0.1) is 11.3 Å². The van der Waals surface area contributed by atoms with Crippen LogP contribution < -0.4 is 4.90 Å². The highest BCUT2D eigenvalue weighted by molar-refractivity contribution is 7.12. The van der Waals surface area contributed by atoms with Gasteiger partial charge in [-0.1, -0.05) is 31.2 Å². The quantitative estimate of drug-likeness (QED) is 0.603. The second-order valence-corrected chi connectivity index (χ2v) is 8.44. The molecule has 0 bridgehead atoms. The predicted octanol–water partition coefficient (Wildman–Crippen LogP) is 5.13. The molecule has 1 aliphatic heterocycles. The highest BCUT2D eigenvalue weighted by atomic mass is 32.1. The van der Waals surface area contributed by atoms with Crippen LogP contribution in [0.2, 0.25) is 0 Å². The van der Waals surface area contributed by atoms with Gasteiger partial charge in [-0.05, 0) is 49.8 Å². The van der Waals surface area contributed by atoms with Gasteiger partial charge in [-0.3, -0.25) is 9.78 Å². The number of thiophene rings is 1. The number of fused-ring (bicyclic) bond motifs is 1. The smallest absolute Gasteiger partial charge is 0.264 e. The molecule has 3 heterocycles. The van der Waals surface area contributed by atoms with Gasteiger partial charge in [0.15, 0.2) is 0 Å². The Labute approximate surface area is 170 Å². The number of hydrogen-bond donors (Lipinski definition) is 0. The molecule has 0 atom stereocenters. The van der Waals surface area contributed by atoms with Crippen molar-refractivity contribution < 1.29 is 4.79 Å². The zero-order chi connectivity index (χ0) is 19.5. The van der Waals surface area contributed by atoms with Crippen molar-refractivity contribution in [1.29, 1.82) is 0 Å². The van der Waals surface area contributed by atoms with Crippen LogP contribution >= 0.6 is 11.3 Å². The molecule has 1 fully saturated rings. The van der Waals surface area contributed by atoms with E-state index in [1.54, 1.807) is 11.3 Å². The minimum Gasteiger partial charge on any atom is -0.371 e. The number of piperidine rings is 1. The van der Waals surface area contributed by atoms with E-state index in [9.17, 15) is 4.79 Å². The molecule has 0 N–H and O–H groups in total. The summed E-state index contributed by atoms with van der Waals surface area (Å²) in [5.41, 5.74) is 3.38. The van der Waals surface area contributed by atoms with Gasteiger partial charge in [0.2, 0.25) is 0 Å². The topological polar surface area (TPSA) is 36.4 Å². The predicted molar refractivity (Wildman–Crippen MR) is 117 cm³/mol. The molecule has 1 aliphatic rings. The number of rotatable bonds is 5. The number of para-hydroxylation sites is 1. The summed E-state index contributed by atoms with van der Waals surface area (Å²) in [6, 6.07) is 14.8. The maximum atomic E-state index is 13.0. The number of carbonyl (C=O) groups excluding carboxylic acids is 1. The Balaban J connectivity index is 1.52. The Morgan fingerprint density at radius 3 is 2.71 bits per heavy atom. The molecule has 0 spiro atoms. The first-order chi connectivity index (χ1) is 13.7. The first-order valence-corrected chi connectivity index (χ1v) is 11.0. The van der Waals surface area contributed by atoms with Gasteiger partial charge in [0.05, 0.1) is 10.4 Å². The van der Waals surface area contributed by atoms with Gasteiger partial charge in [0, 0.05) is 42.4 Å². The molecule has 0 saturated carbocycles. The molecule has 1 amide bonds. The summed E-state index contributed by atoms with van der Waals surface area (Å²) >= 11 is 1.54. The third-order valence-corrected chi connectivity index (χ3v) is 6.38. The van der Waals surface area contributed by atoms with Crippen molar-refractivity contribution >= 4 is 33.8 Å². The van der Waals surface area contributed by atoms with Crippen molar-refractivity contribution in [2.45, 2.75) is 39.2 Å². The van der Waals surface area contributed by atoms with E-state index in [2.05, 4.69) is 52.9 Å². The Bertz CT molecular complexity index is 946. The summed E-state index contributed by atoms with van der Waals surface area (Å²) in [5.74, 6) is 0.195. The average Bonchev–Trinajstić information content (AvgIpc) is 3.26. The fourth-order valence-corrected chi connectivity index (χ4v) is 4.88. The highest BCUT2D eigenvalue weighted by Crippen LogP contribution is 2.30. The minimum atomic E-state index is 0.195. The lowest BCUT2D eigenvalue weighted by Gasteiger charge is -2.39. The van der Waals surface area contributed by atoms with Crippen molar-refractivity contribution in [3.63, 3.8) is 0 Å². The summed E-state index contributed by atoms with van der Waals surface area (Å²) in [5, 5.41) is 3.20. The van der Waals surface area contributed by atoms with E-state index in [0.29, 0.717) is 6.04 Å². The Kier molecular flexibility index (Phi) is 5.62. The van der Waals surface area contributed by atoms with E-state index in [0.717, 1.165) is 55.0 Å². The monoisotopic (exact) mass is 393 g/mol. The largest absolute Gasteiger partial charge is 0.371 e. The van der Waals surface area contributed by atoms with Crippen molar-refractivity contribution in [3.05, 3.63) is 58.4 Å². The van der Waals surface area contributed by atoms with E-state index in [1.807, 2.05) is 23.6 Å².